The average molecular weight is 319 g/mol. The van der Waals surface area contributed by atoms with E-state index in [0.29, 0.717) is 38.4 Å². The molecule has 0 radical (unpaired) electrons. The lowest BCUT2D eigenvalue weighted by Gasteiger charge is -2.35. The number of piperazine rings is 1. The maximum Gasteiger partial charge on any atom is 0.289 e. The predicted octanol–water partition coefficient (Wildman–Crippen LogP) is 1.44. The predicted molar refractivity (Wildman–Crippen MR) is 86.1 cm³/mol. The molecule has 126 valence electrons. The highest BCUT2D eigenvalue weighted by Gasteiger charge is 2.26. The van der Waals surface area contributed by atoms with Gasteiger partial charge in [0.25, 0.3) is 5.91 Å². The summed E-state index contributed by atoms with van der Waals surface area (Å²) in [5, 5.41) is 0. The summed E-state index contributed by atoms with van der Waals surface area (Å²) in [6.45, 7) is 5.50. The van der Waals surface area contributed by atoms with E-state index in [1.54, 1.807) is 17.0 Å². The van der Waals surface area contributed by atoms with Crippen molar-refractivity contribution in [3.8, 4) is 0 Å². The van der Waals surface area contributed by atoms with Crippen LogP contribution in [0.15, 0.2) is 22.8 Å². The van der Waals surface area contributed by atoms with Crippen LogP contribution < -0.4 is 0 Å². The number of hydrogen-bond acceptors (Lipinski definition) is 4. The molecule has 6 nitrogen and oxygen atoms in total. The SMILES string of the molecule is O=C(CCN1CCCCC1)N1CCN(C(=O)c2ccco2)CC1. The Bertz CT molecular complexity index is 515. The molecular weight excluding hydrogens is 294 g/mol. The van der Waals surface area contributed by atoms with Crippen molar-refractivity contribution in [1.29, 1.82) is 0 Å². The van der Waals surface area contributed by atoms with Crippen molar-refractivity contribution < 1.29 is 14.0 Å². The summed E-state index contributed by atoms with van der Waals surface area (Å²) >= 11 is 0. The van der Waals surface area contributed by atoms with Gasteiger partial charge in [-0.1, -0.05) is 6.42 Å². The van der Waals surface area contributed by atoms with E-state index < -0.39 is 0 Å². The normalized spacial score (nSPS) is 19.8. The highest BCUT2D eigenvalue weighted by atomic mass is 16.3. The maximum absolute atomic E-state index is 12.3. The van der Waals surface area contributed by atoms with Gasteiger partial charge < -0.3 is 19.1 Å². The van der Waals surface area contributed by atoms with Crippen LogP contribution in [0.25, 0.3) is 0 Å². The smallest absolute Gasteiger partial charge is 0.289 e. The fraction of sp³-hybridized carbons (Fsp3) is 0.647. The summed E-state index contributed by atoms with van der Waals surface area (Å²) in [6, 6.07) is 3.39. The van der Waals surface area contributed by atoms with Crippen molar-refractivity contribution in [3.63, 3.8) is 0 Å². The maximum atomic E-state index is 12.3. The van der Waals surface area contributed by atoms with Gasteiger partial charge in [0, 0.05) is 39.1 Å². The number of piperidine rings is 1. The second-order valence-corrected chi connectivity index (χ2v) is 6.30. The second-order valence-electron chi connectivity index (χ2n) is 6.30. The molecule has 23 heavy (non-hydrogen) atoms. The molecule has 0 atom stereocenters. The molecule has 2 saturated heterocycles. The van der Waals surface area contributed by atoms with Gasteiger partial charge in [0.15, 0.2) is 5.76 Å². The van der Waals surface area contributed by atoms with Gasteiger partial charge in [-0.25, -0.2) is 0 Å². The molecule has 1 aromatic rings. The number of furan rings is 1. The summed E-state index contributed by atoms with van der Waals surface area (Å²) in [6.07, 6.45) is 5.92. The molecule has 0 unspecified atom stereocenters. The number of carbonyl (C=O) groups is 2. The van der Waals surface area contributed by atoms with Crippen molar-refractivity contribution in [2.24, 2.45) is 0 Å². The van der Waals surface area contributed by atoms with Crippen LogP contribution in [0.2, 0.25) is 0 Å². The quantitative estimate of drug-likeness (QED) is 0.843. The number of hydrogen-bond donors (Lipinski definition) is 0. The zero-order valence-electron chi connectivity index (χ0n) is 13.6. The molecule has 0 bridgehead atoms. The molecule has 0 aliphatic carbocycles. The van der Waals surface area contributed by atoms with Crippen LogP contribution in [0.3, 0.4) is 0 Å². The van der Waals surface area contributed by atoms with Crippen molar-refractivity contribution in [2.75, 3.05) is 45.8 Å². The zero-order chi connectivity index (χ0) is 16.1. The monoisotopic (exact) mass is 319 g/mol. The minimum Gasteiger partial charge on any atom is -0.459 e. The van der Waals surface area contributed by atoms with E-state index in [1.807, 2.05) is 4.90 Å². The van der Waals surface area contributed by atoms with Crippen molar-refractivity contribution in [1.82, 2.24) is 14.7 Å². The van der Waals surface area contributed by atoms with Gasteiger partial charge in [-0.3, -0.25) is 9.59 Å². The van der Waals surface area contributed by atoms with Crippen LogP contribution in [0.1, 0.15) is 36.2 Å². The first-order valence-electron chi connectivity index (χ1n) is 8.57. The first kappa shape index (κ1) is 16.1. The minimum absolute atomic E-state index is 0.0876. The molecule has 6 heteroatoms. The van der Waals surface area contributed by atoms with Gasteiger partial charge in [0.1, 0.15) is 0 Å². The number of rotatable bonds is 4. The number of likely N-dealkylation sites (tertiary alicyclic amines) is 1. The summed E-state index contributed by atoms with van der Waals surface area (Å²) in [5.41, 5.74) is 0. The number of nitrogens with zero attached hydrogens (tertiary/aromatic N) is 3. The first-order valence-corrected chi connectivity index (χ1v) is 8.57. The van der Waals surface area contributed by atoms with Crippen LogP contribution >= 0.6 is 0 Å². The Hall–Kier alpha value is -1.82. The van der Waals surface area contributed by atoms with Gasteiger partial charge in [-0.05, 0) is 38.1 Å². The third kappa shape index (κ3) is 4.13. The third-order valence-electron chi connectivity index (χ3n) is 4.74. The van der Waals surface area contributed by atoms with Gasteiger partial charge >= 0.3 is 0 Å². The lowest BCUT2D eigenvalue weighted by Crippen LogP contribution is -2.51. The summed E-state index contributed by atoms with van der Waals surface area (Å²) in [4.78, 5) is 30.5. The van der Waals surface area contributed by atoms with E-state index in [0.717, 1.165) is 19.6 Å². The Kier molecular flexibility index (Phi) is 5.33. The fourth-order valence-electron chi connectivity index (χ4n) is 3.31. The fourth-order valence-corrected chi connectivity index (χ4v) is 3.31. The molecule has 2 fully saturated rings. The second kappa shape index (κ2) is 7.64. The van der Waals surface area contributed by atoms with Crippen LogP contribution in [0.4, 0.5) is 0 Å². The molecule has 0 saturated carbocycles. The van der Waals surface area contributed by atoms with Gasteiger partial charge in [0.2, 0.25) is 5.91 Å². The van der Waals surface area contributed by atoms with Gasteiger partial charge in [-0.2, -0.15) is 0 Å². The Labute approximate surface area is 137 Å². The molecule has 2 aliphatic rings. The highest BCUT2D eigenvalue weighted by molar-refractivity contribution is 5.91. The van der Waals surface area contributed by atoms with Crippen LogP contribution in [0, 0.1) is 0 Å². The van der Waals surface area contributed by atoms with Crippen molar-refractivity contribution in [3.05, 3.63) is 24.2 Å². The Balaban J connectivity index is 1.41. The zero-order valence-corrected chi connectivity index (χ0v) is 13.6. The molecule has 0 aromatic carbocycles. The molecule has 3 heterocycles. The molecule has 1 aromatic heterocycles. The van der Waals surface area contributed by atoms with Gasteiger partial charge in [0.05, 0.1) is 6.26 Å². The van der Waals surface area contributed by atoms with E-state index in [4.69, 9.17) is 4.42 Å². The van der Waals surface area contributed by atoms with E-state index in [1.165, 1.54) is 25.5 Å². The highest BCUT2D eigenvalue weighted by Crippen LogP contribution is 2.12. The third-order valence-corrected chi connectivity index (χ3v) is 4.74. The van der Waals surface area contributed by atoms with Crippen molar-refractivity contribution >= 4 is 11.8 Å². The van der Waals surface area contributed by atoms with Crippen LogP contribution in [0.5, 0.6) is 0 Å². The van der Waals surface area contributed by atoms with E-state index in [-0.39, 0.29) is 11.8 Å². The topological polar surface area (TPSA) is 57.0 Å². The van der Waals surface area contributed by atoms with Crippen LogP contribution in [-0.2, 0) is 4.79 Å². The number of carbonyl (C=O) groups excluding carboxylic acids is 2. The Morgan fingerprint density at radius 3 is 2.30 bits per heavy atom. The molecule has 0 spiro atoms. The summed E-state index contributed by atoms with van der Waals surface area (Å²) in [5.74, 6) is 0.492. The molecule has 2 amide bonds. The van der Waals surface area contributed by atoms with E-state index >= 15 is 0 Å². The summed E-state index contributed by atoms with van der Waals surface area (Å²) < 4.78 is 5.15. The van der Waals surface area contributed by atoms with E-state index in [9.17, 15) is 9.59 Å². The lowest BCUT2D eigenvalue weighted by atomic mass is 10.1. The number of amides is 2. The standard InChI is InChI=1S/C17H25N3O3/c21-16(6-9-18-7-2-1-3-8-18)19-10-12-20(13-11-19)17(22)15-5-4-14-23-15/h4-5,14H,1-3,6-13H2. The minimum atomic E-state index is -0.0876. The largest absolute Gasteiger partial charge is 0.459 e. The van der Waals surface area contributed by atoms with Gasteiger partial charge in [-0.15, -0.1) is 0 Å². The summed E-state index contributed by atoms with van der Waals surface area (Å²) in [7, 11) is 0. The van der Waals surface area contributed by atoms with Crippen LogP contribution in [-0.4, -0.2) is 72.3 Å². The first-order chi connectivity index (χ1) is 11.2. The van der Waals surface area contributed by atoms with Crippen molar-refractivity contribution in [2.45, 2.75) is 25.7 Å². The lowest BCUT2D eigenvalue weighted by molar-refractivity contribution is -0.133. The molecular formula is C17H25N3O3. The Morgan fingerprint density at radius 1 is 0.957 bits per heavy atom. The Morgan fingerprint density at radius 2 is 1.65 bits per heavy atom. The van der Waals surface area contributed by atoms with E-state index in [2.05, 4.69) is 4.90 Å². The molecule has 2 aliphatic heterocycles. The molecule has 3 rings (SSSR count). The average Bonchev–Trinajstić information content (AvgIpc) is 3.15. The molecule has 0 N–H and O–H groups in total.